The number of nitrogens with zero attached hydrogens (tertiary/aromatic N) is 2. The number of carbonyl (C=O) groups excluding carboxylic acids is 1. The number of para-hydroxylation sites is 1. The quantitative estimate of drug-likeness (QED) is 0.403. The summed E-state index contributed by atoms with van der Waals surface area (Å²) in [6.07, 6.45) is 1.81. The van der Waals surface area contributed by atoms with Crippen molar-refractivity contribution < 1.29 is 9.21 Å². The van der Waals surface area contributed by atoms with E-state index in [4.69, 9.17) is 4.42 Å². The van der Waals surface area contributed by atoms with Crippen LogP contribution in [0.2, 0.25) is 0 Å². The average molecular weight is 331 g/mol. The van der Waals surface area contributed by atoms with E-state index in [1.165, 1.54) is 11.3 Å². The Bertz CT molecular complexity index is 777. The molecule has 0 spiro atoms. The van der Waals surface area contributed by atoms with E-state index in [1.54, 1.807) is 17.8 Å². The molecule has 7 heteroatoms. The van der Waals surface area contributed by atoms with E-state index in [0.717, 1.165) is 15.5 Å². The molecule has 2 heterocycles. The molecule has 2 aromatic heterocycles. The Morgan fingerprint density at radius 3 is 3.09 bits per heavy atom. The van der Waals surface area contributed by atoms with E-state index < -0.39 is 0 Å². The summed E-state index contributed by atoms with van der Waals surface area (Å²) < 4.78 is 6.39. The van der Waals surface area contributed by atoms with Crippen LogP contribution in [0.25, 0.3) is 11.0 Å². The van der Waals surface area contributed by atoms with E-state index in [9.17, 15) is 4.79 Å². The number of hydrogen-bond acceptors (Lipinski definition) is 7. The number of carbonyl (C=O) groups is 1. The number of ketones is 1. The molecule has 112 valence electrons. The van der Waals surface area contributed by atoms with Gasteiger partial charge in [-0.25, -0.2) is 0 Å². The number of anilines is 1. The van der Waals surface area contributed by atoms with Gasteiger partial charge in [0, 0.05) is 11.1 Å². The maximum atomic E-state index is 12.1. The molecule has 0 amide bonds. The Morgan fingerprint density at radius 1 is 1.41 bits per heavy atom. The first-order chi connectivity index (χ1) is 10.8. The topological polar surface area (TPSA) is 68.0 Å². The van der Waals surface area contributed by atoms with Crippen LogP contribution in [-0.2, 0) is 0 Å². The molecule has 3 aromatic rings. The van der Waals surface area contributed by atoms with Gasteiger partial charge in [0.15, 0.2) is 10.1 Å². The van der Waals surface area contributed by atoms with E-state index in [0.29, 0.717) is 16.5 Å². The lowest BCUT2D eigenvalue weighted by Crippen LogP contribution is -2.13. The molecule has 0 atom stereocenters. The van der Waals surface area contributed by atoms with Crippen molar-refractivity contribution in [3.05, 3.63) is 48.7 Å². The van der Waals surface area contributed by atoms with Gasteiger partial charge in [-0.05, 0) is 12.1 Å². The molecule has 0 aliphatic heterocycles. The number of furan rings is 1. The molecular weight excluding hydrogens is 318 g/mol. The van der Waals surface area contributed by atoms with Gasteiger partial charge in [-0.3, -0.25) is 4.79 Å². The van der Waals surface area contributed by atoms with E-state index in [-0.39, 0.29) is 12.3 Å². The standard InChI is InChI=1S/C15H13N3O2S2/c1-2-7-21-15-18-17-14(22-15)16-9-11(19)13-8-10-5-3-4-6-12(10)20-13/h2-6,8H,1,7,9H2,(H,16,17). The minimum Gasteiger partial charge on any atom is -0.453 e. The molecule has 1 aromatic carbocycles. The van der Waals surface area contributed by atoms with Crippen LogP contribution in [-0.4, -0.2) is 28.3 Å². The zero-order valence-electron chi connectivity index (χ0n) is 11.6. The molecule has 0 unspecified atom stereocenters. The molecule has 0 aliphatic rings. The molecule has 0 bridgehead atoms. The smallest absolute Gasteiger partial charge is 0.217 e. The lowest BCUT2D eigenvalue weighted by molar-refractivity contribution is 0.0982. The fourth-order valence-electron chi connectivity index (χ4n) is 1.83. The fraction of sp³-hybridized carbons (Fsp3) is 0.133. The summed E-state index contributed by atoms with van der Waals surface area (Å²) in [6, 6.07) is 9.30. The number of Topliss-reactive ketones (excluding diaryl/α,β-unsaturated/α-hetero) is 1. The number of nitrogens with one attached hydrogen (secondary N) is 1. The van der Waals surface area contributed by atoms with Gasteiger partial charge in [0.25, 0.3) is 0 Å². The van der Waals surface area contributed by atoms with Crippen LogP contribution >= 0.6 is 23.1 Å². The number of thioether (sulfide) groups is 1. The fourth-order valence-corrected chi connectivity index (χ4v) is 3.34. The van der Waals surface area contributed by atoms with Gasteiger partial charge >= 0.3 is 0 Å². The zero-order chi connectivity index (χ0) is 15.4. The lowest BCUT2D eigenvalue weighted by Gasteiger charge is -1.98. The largest absolute Gasteiger partial charge is 0.453 e. The highest BCUT2D eigenvalue weighted by molar-refractivity contribution is 8.01. The molecular formula is C15H13N3O2S2. The molecule has 3 rings (SSSR count). The first-order valence-electron chi connectivity index (χ1n) is 6.59. The predicted octanol–water partition coefficient (Wildman–Crippen LogP) is 3.86. The second-order valence-corrected chi connectivity index (χ2v) is 6.64. The highest BCUT2D eigenvalue weighted by Gasteiger charge is 2.13. The Kier molecular flexibility index (Phi) is 4.55. The second kappa shape index (κ2) is 6.76. The van der Waals surface area contributed by atoms with Crippen molar-refractivity contribution in [2.45, 2.75) is 4.34 Å². The third-order valence-electron chi connectivity index (χ3n) is 2.83. The minimum atomic E-state index is -0.119. The summed E-state index contributed by atoms with van der Waals surface area (Å²) in [5, 5.41) is 12.5. The van der Waals surface area contributed by atoms with E-state index in [2.05, 4.69) is 22.1 Å². The van der Waals surface area contributed by atoms with Crippen molar-refractivity contribution in [1.82, 2.24) is 10.2 Å². The molecule has 1 N–H and O–H groups in total. The van der Waals surface area contributed by atoms with Crippen LogP contribution in [0.4, 0.5) is 5.13 Å². The van der Waals surface area contributed by atoms with Crippen LogP contribution in [0, 0.1) is 0 Å². The second-order valence-electron chi connectivity index (χ2n) is 4.40. The van der Waals surface area contributed by atoms with Gasteiger partial charge in [0.05, 0.1) is 6.54 Å². The van der Waals surface area contributed by atoms with Crippen LogP contribution in [0.15, 0.2) is 51.7 Å². The summed E-state index contributed by atoms with van der Waals surface area (Å²) in [4.78, 5) is 12.1. The summed E-state index contributed by atoms with van der Waals surface area (Å²) in [5.41, 5.74) is 0.713. The highest BCUT2D eigenvalue weighted by Crippen LogP contribution is 2.25. The van der Waals surface area contributed by atoms with Crippen molar-refractivity contribution in [3.8, 4) is 0 Å². The third kappa shape index (κ3) is 3.37. The molecule has 0 fully saturated rings. The Morgan fingerprint density at radius 2 is 2.27 bits per heavy atom. The summed E-state index contributed by atoms with van der Waals surface area (Å²) in [7, 11) is 0. The van der Waals surface area contributed by atoms with Crippen molar-refractivity contribution in [2.24, 2.45) is 0 Å². The van der Waals surface area contributed by atoms with Crippen LogP contribution in [0.3, 0.4) is 0 Å². The number of benzene rings is 1. The number of rotatable bonds is 7. The molecule has 5 nitrogen and oxygen atoms in total. The first-order valence-corrected chi connectivity index (χ1v) is 8.39. The molecule has 22 heavy (non-hydrogen) atoms. The van der Waals surface area contributed by atoms with Gasteiger partial charge in [-0.1, -0.05) is 47.4 Å². The number of fused-ring (bicyclic) bond motifs is 1. The van der Waals surface area contributed by atoms with Crippen molar-refractivity contribution in [3.63, 3.8) is 0 Å². The van der Waals surface area contributed by atoms with Crippen molar-refractivity contribution in [2.75, 3.05) is 17.6 Å². The molecule has 0 aliphatic carbocycles. The SMILES string of the molecule is C=CCSc1nnc(NCC(=O)c2cc3ccccc3o2)s1. The number of aromatic nitrogens is 2. The zero-order valence-corrected chi connectivity index (χ0v) is 13.2. The van der Waals surface area contributed by atoms with Gasteiger partial charge < -0.3 is 9.73 Å². The Labute approximate surface area is 135 Å². The van der Waals surface area contributed by atoms with Gasteiger partial charge in [-0.15, -0.1) is 16.8 Å². The molecule has 0 saturated carbocycles. The monoisotopic (exact) mass is 331 g/mol. The molecule has 0 radical (unpaired) electrons. The summed E-state index contributed by atoms with van der Waals surface area (Å²) in [6.45, 7) is 3.78. The Hall–Kier alpha value is -2.12. The maximum Gasteiger partial charge on any atom is 0.217 e. The van der Waals surface area contributed by atoms with Gasteiger partial charge in [0.1, 0.15) is 5.58 Å². The first kappa shape index (κ1) is 14.8. The third-order valence-corrected chi connectivity index (χ3v) is 4.84. The van der Waals surface area contributed by atoms with Crippen molar-refractivity contribution >= 4 is 45.0 Å². The lowest BCUT2D eigenvalue weighted by atomic mass is 10.2. The number of hydrogen-bond donors (Lipinski definition) is 1. The van der Waals surface area contributed by atoms with Gasteiger partial charge in [-0.2, -0.15) is 0 Å². The van der Waals surface area contributed by atoms with E-state index >= 15 is 0 Å². The summed E-state index contributed by atoms with van der Waals surface area (Å²) in [5.74, 6) is 1.01. The Balaban J connectivity index is 1.62. The summed E-state index contributed by atoms with van der Waals surface area (Å²) >= 11 is 2.97. The van der Waals surface area contributed by atoms with Gasteiger partial charge in [0.2, 0.25) is 10.9 Å². The highest BCUT2D eigenvalue weighted by atomic mass is 32.2. The maximum absolute atomic E-state index is 12.1. The predicted molar refractivity (Wildman–Crippen MR) is 89.9 cm³/mol. The molecule has 0 saturated heterocycles. The van der Waals surface area contributed by atoms with Crippen LogP contribution in [0.5, 0.6) is 0 Å². The average Bonchev–Trinajstić information content (AvgIpc) is 3.17. The van der Waals surface area contributed by atoms with Crippen LogP contribution in [0.1, 0.15) is 10.6 Å². The van der Waals surface area contributed by atoms with Crippen LogP contribution < -0.4 is 5.32 Å². The van der Waals surface area contributed by atoms with Crippen molar-refractivity contribution in [1.29, 1.82) is 0 Å². The normalized spacial score (nSPS) is 10.7. The minimum absolute atomic E-state index is 0.119. The van der Waals surface area contributed by atoms with E-state index in [1.807, 2.05) is 30.3 Å².